The third-order valence-electron chi connectivity index (χ3n) is 6.45. The fourth-order valence-electron chi connectivity index (χ4n) is 4.75. The van der Waals surface area contributed by atoms with Crippen LogP contribution in [0.2, 0.25) is 5.02 Å². The van der Waals surface area contributed by atoms with Crippen molar-refractivity contribution in [1.29, 1.82) is 0 Å². The number of imide groups is 1. The molecule has 31 heavy (non-hydrogen) atoms. The fraction of sp³-hybridized carbons (Fsp3) is 0.545. The molecule has 1 aromatic rings. The molecule has 2 aliphatic heterocycles. The minimum Gasteiger partial charge on any atom is -0.356 e. The molecule has 0 unspecified atom stereocenters. The van der Waals surface area contributed by atoms with Gasteiger partial charge in [0.25, 0.3) is 5.91 Å². The Kier molecular flexibility index (Phi) is 6.18. The molecule has 3 fully saturated rings. The van der Waals surface area contributed by atoms with E-state index in [1.165, 1.54) is 4.90 Å². The van der Waals surface area contributed by atoms with Crippen molar-refractivity contribution in [3.05, 3.63) is 29.3 Å². The number of amides is 5. The Morgan fingerprint density at radius 1 is 1.16 bits per heavy atom. The van der Waals surface area contributed by atoms with Crippen molar-refractivity contribution in [3.63, 3.8) is 0 Å². The largest absolute Gasteiger partial charge is 0.356 e. The van der Waals surface area contributed by atoms with E-state index in [9.17, 15) is 19.2 Å². The number of para-hydroxylation sites is 1. The highest BCUT2D eigenvalue weighted by molar-refractivity contribution is 6.33. The van der Waals surface area contributed by atoms with Crippen molar-refractivity contribution in [3.8, 4) is 0 Å². The number of benzene rings is 1. The zero-order valence-corrected chi connectivity index (χ0v) is 18.1. The van der Waals surface area contributed by atoms with Gasteiger partial charge in [-0.2, -0.15) is 0 Å². The molecule has 2 saturated heterocycles. The van der Waals surface area contributed by atoms with Gasteiger partial charge in [0.1, 0.15) is 5.54 Å². The summed E-state index contributed by atoms with van der Waals surface area (Å²) in [6, 6.07) is 6.73. The molecule has 1 aromatic carbocycles. The van der Waals surface area contributed by atoms with Crippen LogP contribution in [0, 0.1) is 5.92 Å². The minimum absolute atomic E-state index is 0.132. The summed E-state index contributed by atoms with van der Waals surface area (Å²) in [6.07, 6.45) is 4.98. The molecule has 9 heteroatoms. The molecule has 0 aromatic heterocycles. The van der Waals surface area contributed by atoms with E-state index in [0.717, 1.165) is 19.3 Å². The van der Waals surface area contributed by atoms with Gasteiger partial charge in [-0.25, -0.2) is 4.79 Å². The molecule has 4 rings (SSSR count). The van der Waals surface area contributed by atoms with Crippen LogP contribution in [0.25, 0.3) is 0 Å². The molecule has 1 spiro atoms. The molecule has 2 heterocycles. The first kappa shape index (κ1) is 21.6. The summed E-state index contributed by atoms with van der Waals surface area (Å²) in [4.78, 5) is 52.8. The predicted molar refractivity (Wildman–Crippen MR) is 116 cm³/mol. The van der Waals surface area contributed by atoms with E-state index >= 15 is 0 Å². The average Bonchev–Trinajstić information content (AvgIpc) is 3.24. The monoisotopic (exact) mass is 446 g/mol. The van der Waals surface area contributed by atoms with Gasteiger partial charge in [0, 0.05) is 26.1 Å². The summed E-state index contributed by atoms with van der Waals surface area (Å²) >= 11 is 6.18. The predicted octanol–water partition coefficient (Wildman–Crippen LogP) is 2.45. The first-order valence-electron chi connectivity index (χ1n) is 10.9. The van der Waals surface area contributed by atoms with Gasteiger partial charge in [-0.1, -0.05) is 43.0 Å². The number of anilines is 1. The fourth-order valence-corrected chi connectivity index (χ4v) is 4.99. The third-order valence-corrected chi connectivity index (χ3v) is 6.77. The zero-order chi connectivity index (χ0) is 22.0. The first-order chi connectivity index (χ1) is 14.9. The van der Waals surface area contributed by atoms with E-state index in [0.29, 0.717) is 36.5 Å². The van der Waals surface area contributed by atoms with Crippen LogP contribution in [-0.4, -0.2) is 53.8 Å². The molecule has 1 atom stereocenters. The summed E-state index contributed by atoms with van der Waals surface area (Å²) in [6.45, 7) is 0.881. The number of hydrogen-bond donors (Lipinski definition) is 2. The molecule has 5 amide bonds. The highest BCUT2D eigenvalue weighted by Crippen LogP contribution is 2.34. The quantitative estimate of drug-likeness (QED) is 0.518. The Hall–Kier alpha value is -2.61. The van der Waals surface area contributed by atoms with E-state index in [1.54, 1.807) is 29.2 Å². The third kappa shape index (κ3) is 4.26. The van der Waals surface area contributed by atoms with Gasteiger partial charge in [0.15, 0.2) is 0 Å². The van der Waals surface area contributed by atoms with Crippen LogP contribution in [-0.2, 0) is 14.4 Å². The molecular weight excluding hydrogens is 420 g/mol. The highest BCUT2D eigenvalue weighted by atomic mass is 35.5. The summed E-state index contributed by atoms with van der Waals surface area (Å²) in [5.74, 6) is -0.930. The Labute approximate surface area is 186 Å². The molecule has 0 bridgehead atoms. The van der Waals surface area contributed by atoms with Crippen LogP contribution in [0.1, 0.15) is 44.9 Å². The standard InChI is InChI=1S/C22H27ClN4O4/c23-16-7-2-3-8-17(16)27-14-15(13-18(27)28)19(29)24-11-6-12-26-20(30)22(25-21(26)31)9-4-1-5-10-22/h2-3,7-8,15H,1,4-6,9-14H2,(H,24,29)(H,25,31)/t15-/m0/s1. The van der Waals surface area contributed by atoms with Crippen molar-refractivity contribution in [1.82, 2.24) is 15.5 Å². The van der Waals surface area contributed by atoms with E-state index in [-0.39, 0.29) is 43.3 Å². The maximum atomic E-state index is 12.8. The van der Waals surface area contributed by atoms with E-state index in [4.69, 9.17) is 11.6 Å². The van der Waals surface area contributed by atoms with Gasteiger partial charge in [-0.3, -0.25) is 19.3 Å². The topological polar surface area (TPSA) is 98.8 Å². The van der Waals surface area contributed by atoms with Crippen LogP contribution in [0.3, 0.4) is 0 Å². The lowest BCUT2D eigenvalue weighted by Crippen LogP contribution is -2.48. The van der Waals surface area contributed by atoms with E-state index < -0.39 is 11.5 Å². The van der Waals surface area contributed by atoms with E-state index in [1.807, 2.05) is 0 Å². The second-order valence-electron chi connectivity index (χ2n) is 8.53. The van der Waals surface area contributed by atoms with Crippen molar-refractivity contribution in [2.75, 3.05) is 24.5 Å². The van der Waals surface area contributed by atoms with Gasteiger partial charge in [0.05, 0.1) is 16.6 Å². The number of rotatable bonds is 6. The molecule has 3 aliphatic rings. The Morgan fingerprint density at radius 2 is 1.90 bits per heavy atom. The summed E-state index contributed by atoms with van der Waals surface area (Å²) in [7, 11) is 0. The molecule has 166 valence electrons. The van der Waals surface area contributed by atoms with Gasteiger partial charge in [0.2, 0.25) is 11.8 Å². The highest BCUT2D eigenvalue weighted by Gasteiger charge is 2.50. The molecule has 1 saturated carbocycles. The second kappa shape index (κ2) is 8.86. The smallest absolute Gasteiger partial charge is 0.325 e. The number of halogens is 1. The lowest BCUT2D eigenvalue weighted by Gasteiger charge is -2.30. The van der Waals surface area contributed by atoms with Crippen LogP contribution in [0.5, 0.6) is 0 Å². The lowest BCUT2D eigenvalue weighted by atomic mass is 9.82. The molecular formula is C22H27ClN4O4. The van der Waals surface area contributed by atoms with Gasteiger partial charge in [-0.15, -0.1) is 0 Å². The molecule has 2 N–H and O–H groups in total. The van der Waals surface area contributed by atoms with Crippen molar-refractivity contribution < 1.29 is 19.2 Å². The molecule has 0 radical (unpaired) electrons. The van der Waals surface area contributed by atoms with Crippen molar-refractivity contribution in [2.24, 2.45) is 5.92 Å². The van der Waals surface area contributed by atoms with Crippen molar-refractivity contribution in [2.45, 2.75) is 50.5 Å². The average molecular weight is 447 g/mol. The Morgan fingerprint density at radius 3 is 2.65 bits per heavy atom. The summed E-state index contributed by atoms with van der Waals surface area (Å²) in [5, 5.41) is 6.20. The number of nitrogens with one attached hydrogen (secondary N) is 2. The maximum absolute atomic E-state index is 12.8. The normalized spacial score (nSPS) is 22.9. The van der Waals surface area contributed by atoms with Crippen LogP contribution in [0.4, 0.5) is 10.5 Å². The second-order valence-corrected chi connectivity index (χ2v) is 8.94. The van der Waals surface area contributed by atoms with E-state index in [2.05, 4.69) is 10.6 Å². The van der Waals surface area contributed by atoms with Crippen LogP contribution in [0.15, 0.2) is 24.3 Å². The minimum atomic E-state index is -0.717. The summed E-state index contributed by atoms with van der Waals surface area (Å²) < 4.78 is 0. The van der Waals surface area contributed by atoms with Gasteiger partial charge in [-0.05, 0) is 31.4 Å². The molecule has 8 nitrogen and oxygen atoms in total. The Bertz CT molecular complexity index is 899. The van der Waals surface area contributed by atoms with Crippen LogP contribution < -0.4 is 15.5 Å². The maximum Gasteiger partial charge on any atom is 0.325 e. The Balaban J connectivity index is 1.25. The SMILES string of the molecule is O=C(NCCCN1C(=O)NC2(CCCCC2)C1=O)[C@H]1CC(=O)N(c2ccccc2Cl)C1. The first-order valence-corrected chi connectivity index (χ1v) is 11.3. The van der Waals surface area contributed by atoms with Crippen LogP contribution >= 0.6 is 11.6 Å². The lowest BCUT2D eigenvalue weighted by molar-refractivity contribution is -0.132. The summed E-state index contributed by atoms with van der Waals surface area (Å²) in [5.41, 5.74) is -0.106. The number of hydrogen-bond acceptors (Lipinski definition) is 4. The number of carbonyl (C=O) groups excluding carboxylic acids is 4. The number of carbonyl (C=O) groups is 4. The number of urea groups is 1. The van der Waals surface area contributed by atoms with Crippen molar-refractivity contribution >= 4 is 41.0 Å². The zero-order valence-electron chi connectivity index (χ0n) is 17.4. The van der Waals surface area contributed by atoms with Gasteiger partial charge < -0.3 is 15.5 Å². The van der Waals surface area contributed by atoms with Gasteiger partial charge >= 0.3 is 6.03 Å². The molecule has 1 aliphatic carbocycles. The number of nitrogens with zero attached hydrogens (tertiary/aromatic N) is 2.